The second-order valence-corrected chi connectivity index (χ2v) is 5.95. The van der Waals surface area contributed by atoms with Crippen LogP contribution in [0.5, 0.6) is 0 Å². The smallest absolute Gasteiger partial charge is 0.150 e. The lowest BCUT2D eigenvalue weighted by atomic mass is 9.97. The first kappa shape index (κ1) is 15.2. The lowest BCUT2D eigenvalue weighted by Crippen LogP contribution is -1.94. The molecular formula is C22H16N2O. The van der Waals surface area contributed by atoms with E-state index in [2.05, 4.69) is 23.2 Å². The minimum absolute atomic E-state index is 0.658. The van der Waals surface area contributed by atoms with Crippen LogP contribution in [0.1, 0.15) is 16.1 Å². The molecule has 0 amide bonds. The number of rotatable bonds is 3. The number of benzene rings is 2. The van der Waals surface area contributed by atoms with Crippen molar-refractivity contribution in [1.29, 1.82) is 0 Å². The van der Waals surface area contributed by atoms with Gasteiger partial charge in [-0.3, -0.25) is 9.78 Å². The second-order valence-electron chi connectivity index (χ2n) is 5.95. The molecule has 0 saturated heterocycles. The minimum Gasteiger partial charge on any atom is -0.298 e. The van der Waals surface area contributed by atoms with E-state index in [9.17, 15) is 4.79 Å². The van der Waals surface area contributed by atoms with Gasteiger partial charge in [-0.1, -0.05) is 54.6 Å². The predicted molar refractivity (Wildman–Crippen MR) is 101 cm³/mol. The van der Waals surface area contributed by atoms with Gasteiger partial charge in [0.15, 0.2) is 0 Å². The third-order valence-corrected chi connectivity index (χ3v) is 4.35. The fourth-order valence-corrected chi connectivity index (χ4v) is 3.01. The Labute approximate surface area is 146 Å². The average molecular weight is 324 g/mol. The molecule has 0 saturated carbocycles. The van der Waals surface area contributed by atoms with Gasteiger partial charge in [0, 0.05) is 34.0 Å². The number of hydrogen-bond acceptors (Lipinski definition) is 3. The molecule has 0 aliphatic carbocycles. The van der Waals surface area contributed by atoms with Gasteiger partial charge < -0.3 is 0 Å². The molecule has 2 aromatic carbocycles. The number of carbonyl (C=O) groups excluding carboxylic acids is 1. The third kappa shape index (κ3) is 2.81. The first-order valence-electron chi connectivity index (χ1n) is 8.13. The molecule has 0 bridgehead atoms. The number of aldehydes is 1. The molecule has 2 heterocycles. The number of nitrogens with zero attached hydrogens (tertiary/aromatic N) is 2. The summed E-state index contributed by atoms with van der Waals surface area (Å²) in [4.78, 5) is 20.2. The highest BCUT2D eigenvalue weighted by Gasteiger charge is 2.12. The van der Waals surface area contributed by atoms with Crippen molar-refractivity contribution in [2.75, 3.05) is 0 Å². The van der Waals surface area contributed by atoms with Crippen LogP contribution in [0.4, 0.5) is 0 Å². The van der Waals surface area contributed by atoms with Crippen LogP contribution in [0.2, 0.25) is 0 Å². The average Bonchev–Trinajstić information content (AvgIpc) is 2.68. The molecule has 0 aliphatic rings. The fourth-order valence-electron chi connectivity index (χ4n) is 3.01. The van der Waals surface area contributed by atoms with Gasteiger partial charge >= 0.3 is 0 Å². The molecule has 0 N–H and O–H groups in total. The molecule has 2 aromatic heterocycles. The molecule has 0 unspecified atom stereocenters. The highest BCUT2D eigenvalue weighted by atomic mass is 16.1. The summed E-state index contributed by atoms with van der Waals surface area (Å²) in [6.07, 6.45) is 2.64. The number of aryl methyl sites for hydroxylation is 1. The molecule has 3 heteroatoms. The molecule has 120 valence electrons. The Kier molecular flexibility index (Phi) is 3.82. The van der Waals surface area contributed by atoms with E-state index in [-0.39, 0.29) is 0 Å². The van der Waals surface area contributed by atoms with Crippen molar-refractivity contribution in [2.24, 2.45) is 0 Å². The summed E-state index contributed by atoms with van der Waals surface area (Å²) in [6, 6.07) is 21.8. The third-order valence-electron chi connectivity index (χ3n) is 4.35. The summed E-state index contributed by atoms with van der Waals surface area (Å²) < 4.78 is 0. The van der Waals surface area contributed by atoms with Crippen LogP contribution >= 0.6 is 0 Å². The lowest BCUT2D eigenvalue weighted by molar-refractivity contribution is 0.112. The summed E-state index contributed by atoms with van der Waals surface area (Å²) in [7, 11) is 0. The van der Waals surface area contributed by atoms with E-state index in [1.54, 1.807) is 6.20 Å². The largest absolute Gasteiger partial charge is 0.298 e. The van der Waals surface area contributed by atoms with Crippen LogP contribution in [0.3, 0.4) is 0 Å². The summed E-state index contributed by atoms with van der Waals surface area (Å²) in [6.45, 7) is 2.00. The van der Waals surface area contributed by atoms with Crippen molar-refractivity contribution in [3.05, 3.63) is 84.2 Å². The Morgan fingerprint density at radius 3 is 2.36 bits per heavy atom. The Hall–Kier alpha value is -3.33. The van der Waals surface area contributed by atoms with Crippen molar-refractivity contribution in [1.82, 2.24) is 9.97 Å². The molecule has 4 aromatic rings. The van der Waals surface area contributed by atoms with Crippen molar-refractivity contribution >= 4 is 17.2 Å². The molecule has 0 spiro atoms. The predicted octanol–water partition coefficient (Wildman–Crippen LogP) is 5.08. The number of carbonyl (C=O) groups is 1. The van der Waals surface area contributed by atoms with Gasteiger partial charge in [-0.05, 0) is 24.6 Å². The second kappa shape index (κ2) is 6.29. The van der Waals surface area contributed by atoms with Crippen LogP contribution in [0.25, 0.3) is 33.3 Å². The van der Waals surface area contributed by atoms with Crippen LogP contribution in [-0.2, 0) is 0 Å². The van der Waals surface area contributed by atoms with E-state index in [1.807, 2.05) is 55.5 Å². The van der Waals surface area contributed by atoms with Gasteiger partial charge in [0.25, 0.3) is 0 Å². The van der Waals surface area contributed by atoms with Gasteiger partial charge in [0.1, 0.15) is 6.29 Å². The van der Waals surface area contributed by atoms with Crippen molar-refractivity contribution in [3.8, 4) is 22.4 Å². The standard InChI is InChI=1S/C22H16N2O/c1-15-19-13-20(17-5-3-2-4-6-17)22(24-21(19)11-12-23-15)18-9-7-16(14-25)8-10-18/h2-14H,1H3. The number of pyridine rings is 2. The maximum atomic E-state index is 10.9. The first-order chi connectivity index (χ1) is 12.3. The van der Waals surface area contributed by atoms with Crippen LogP contribution in [0, 0.1) is 6.92 Å². The Morgan fingerprint density at radius 2 is 1.64 bits per heavy atom. The van der Waals surface area contributed by atoms with Gasteiger partial charge in [-0.25, -0.2) is 4.98 Å². The Morgan fingerprint density at radius 1 is 0.880 bits per heavy atom. The fraction of sp³-hybridized carbons (Fsp3) is 0.0455. The van der Waals surface area contributed by atoms with Gasteiger partial charge in [0.05, 0.1) is 11.2 Å². The van der Waals surface area contributed by atoms with E-state index in [1.165, 1.54) is 0 Å². The van der Waals surface area contributed by atoms with E-state index < -0.39 is 0 Å². The maximum absolute atomic E-state index is 10.9. The molecule has 3 nitrogen and oxygen atoms in total. The number of hydrogen-bond donors (Lipinski definition) is 0. The van der Waals surface area contributed by atoms with Crippen molar-refractivity contribution < 1.29 is 4.79 Å². The highest BCUT2D eigenvalue weighted by molar-refractivity contribution is 5.92. The zero-order chi connectivity index (χ0) is 17.2. The summed E-state index contributed by atoms with van der Waals surface area (Å²) >= 11 is 0. The lowest BCUT2D eigenvalue weighted by Gasteiger charge is -2.12. The summed E-state index contributed by atoms with van der Waals surface area (Å²) in [5.41, 5.74) is 6.60. The quantitative estimate of drug-likeness (QED) is 0.493. The van der Waals surface area contributed by atoms with Gasteiger partial charge in [-0.15, -0.1) is 0 Å². The molecule has 0 radical (unpaired) electrons. The monoisotopic (exact) mass is 324 g/mol. The van der Waals surface area contributed by atoms with E-state index >= 15 is 0 Å². The van der Waals surface area contributed by atoms with Crippen LogP contribution in [-0.4, -0.2) is 16.3 Å². The molecule has 0 aliphatic heterocycles. The zero-order valence-corrected chi connectivity index (χ0v) is 13.8. The molecule has 0 atom stereocenters. The number of fused-ring (bicyclic) bond motifs is 1. The van der Waals surface area contributed by atoms with Crippen molar-refractivity contribution in [2.45, 2.75) is 6.92 Å². The molecular weight excluding hydrogens is 308 g/mol. The molecule has 4 rings (SSSR count). The van der Waals surface area contributed by atoms with Crippen LogP contribution < -0.4 is 0 Å². The minimum atomic E-state index is 0.658. The summed E-state index contributed by atoms with van der Waals surface area (Å²) in [5.74, 6) is 0. The molecule has 0 fully saturated rings. The van der Waals surface area contributed by atoms with Crippen molar-refractivity contribution in [3.63, 3.8) is 0 Å². The Bertz CT molecular complexity index is 1050. The van der Waals surface area contributed by atoms with Crippen LogP contribution in [0.15, 0.2) is 72.9 Å². The van der Waals surface area contributed by atoms with E-state index in [0.717, 1.165) is 45.3 Å². The number of aromatic nitrogens is 2. The Balaban J connectivity index is 2.01. The topological polar surface area (TPSA) is 42.9 Å². The van der Waals surface area contributed by atoms with E-state index in [0.29, 0.717) is 5.56 Å². The highest BCUT2D eigenvalue weighted by Crippen LogP contribution is 2.33. The maximum Gasteiger partial charge on any atom is 0.150 e. The SMILES string of the molecule is Cc1nccc2nc(-c3ccc(C=O)cc3)c(-c3ccccc3)cc12. The first-order valence-corrected chi connectivity index (χ1v) is 8.13. The normalized spacial score (nSPS) is 10.8. The molecule has 25 heavy (non-hydrogen) atoms. The summed E-state index contributed by atoms with van der Waals surface area (Å²) in [5, 5.41) is 1.05. The van der Waals surface area contributed by atoms with Gasteiger partial charge in [0.2, 0.25) is 0 Å². The van der Waals surface area contributed by atoms with E-state index in [4.69, 9.17) is 4.98 Å². The zero-order valence-electron chi connectivity index (χ0n) is 13.8. The van der Waals surface area contributed by atoms with Gasteiger partial charge in [-0.2, -0.15) is 0 Å².